The summed E-state index contributed by atoms with van der Waals surface area (Å²) >= 11 is 0. The lowest BCUT2D eigenvalue weighted by Gasteiger charge is -2.24. The van der Waals surface area contributed by atoms with E-state index in [0.29, 0.717) is 5.69 Å². The molecule has 2 aromatic carbocycles. The lowest BCUT2D eigenvalue weighted by atomic mass is 10.0. The van der Waals surface area contributed by atoms with Gasteiger partial charge in [0.05, 0.1) is 12.1 Å². The number of carbonyl (C=O) groups is 1. The first-order valence-electron chi connectivity index (χ1n) is 8.04. The van der Waals surface area contributed by atoms with Gasteiger partial charge in [-0.3, -0.25) is 4.79 Å². The zero-order valence-electron chi connectivity index (χ0n) is 13.2. The predicted octanol–water partition coefficient (Wildman–Crippen LogP) is 3.39. The first-order valence-corrected chi connectivity index (χ1v) is 8.04. The van der Waals surface area contributed by atoms with Crippen molar-refractivity contribution in [1.29, 1.82) is 0 Å². The molecule has 0 spiro atoms. The van der Waals surface area contributed by atoms with Crippen LogP contribution in [-0.2, 0) is 0 Å². The number of aliphatic hydroxyl groups is 1. The SMILES string of the molecule is O=C(c1cc2ccccc2[nH]1)N1CC(O)CC1c1cc(F)ccc1F. The van der Waals surface area contributed by atoms with E-state index in [-0.39, 0.29) is 24.4 Å². The van der Waals surface area contributed by atoms with E-state index in [9.17, 15) is 18.7 Å². The monoisotopic (exact) mass is 342 g/mol. The third-order valence-electron chi connectivity index (χ3n) is 4.62. The summed E-state index contributed by atoms with van der Waals surface area (Å²) in [7, 11) is 0. The highest BCUT2D eigenvalue weighted by Crippen LogP contribution is 2.35. The lowest BCUT2D eigenvalue weighted by Crippen LogP contribution is -2.32. The molecule has 25 heavy (non-hydrogen) atoms. The van der Waals surface area contributed by atoms with Crippen molar-refractivity contribution >= 4 is 16.8 Å². The second-order valence-electron chi connectivity index (χ2n) is 6.30. The largest absolute Gasteiger partial charge is 0.391 e. The van der Waals surface area contributed by atoms with Crippen LogP contribution in [0, 0.1) is 11.6 Å². The molecule has 1 aromatic heterocycles. The highest BCUT2D eigenvalue weighted by molar-refractivity contribution is 5.98. The number of aromatic nitrogens is 1. The van der Waals surface area contributed by atoms with E-state index in [4.69, 9.17) is 0 Å². The van der Waals surface area contributed by atoms with Crippen molar-refractivity contribution in [3.8, 4) is 0 Å². The Morgan fingerprint density at radius 2 is 1.96 bits per heavy atom. The number of H-pyrrole nitrogens is 1. The number of aromatic amines is 1. The lowest BCUT2D eigenvalue weighted by molar-refractivity contribution is 0.0709. The van der Waals surface area contributed by atoms with E-state index in [1.807, 2.05) is 24.3 Å². The molecule has 3 aromatic rings. The van der Waals surface area contributed by atoms with Gasteiger partial charge in [0.25, 0.3) is 5.91 Å². The summed E-state index contributed by atoms with van der Waals surface area (Å²) in [6.45, 7) is 0.0782. The van der Waals surface area contributed by atoms with E-state index in [1.165, 1.54) is 4.90 Å². The number of likely N-dealkylation sites (tertiary alicyclic amines) is 1. The molecular formula is C19H16F2N2O2. The Morgan fingerprint density at radius 3 is 2.76 bits per heavy atom. The van der Waals surface area contributed by atoms with Gasteiger partial charge in [-0.2, -0.15) is 0 Å². The molecule has 0 bridgehead atoms. The maximum Gasteiger partial charge on any atom is 0.270 e. The van der Waals surface area contributed by atoms with Gasteiger partial charge in [-0.1, -0.05) is 18.2 Å². The zero-order valence-corrected chi connectivity index (χ0v) is 13.2. The molecule has 1 fully saturated rings. The first-order chi connectivity index (χ1) is 12.0. The molecular weight excluding hydrogens is 326 g/mol. The van der Waals surface area contributed by atoms with Crippen molar-refractivity contribution in [3.63, 3.8) is 0 Å². The Bertz CT molecular complexity index is 921. The van der Waals surface area contributed by atoms with Gasteiger partial charge in [-0.15, -0.1) is 0 Å². The van der Waals surface area contributed by atoms with Crippen molar-refractivity contribution in [2.75, 3.05) is 6.54 Å². The predicted molar refractivity (Wildman–Crippen MR) is 89.1 cm³/mol. The quantitative estimate of drug-likeness (QED) is 0.750. The molecule has 1 amide bonds. The summed E-state index contributed by atoms with van der Waals surface area (Å²) in [5, 5.41) is 10.9. The smallest absolute Gasteiger partial charge is 0.270 e. The van der Waals surface area contributed by atoms with Gasteiger partial charge < -0.3 is 15.0 Å². The van der Waals surface area contributed by atoms with Gasteiger partial charge in [0.1, 0.15) is 17.3 Å². The van der Waals surface area contributed by atoms with E-state index < -0.39 is 23.8 Å². The molecule has 2 N–H and O–H groups in total. The second-order valence-corrected chi connectivity index (χ2v) is 6.30. The Labute approximate surface area is 142 Å². The summed E-state index contributed by atoms with van der Waals surface area (Å²) in [5.41, 5.74) is 1.26. The van der Waals surface area contributed by atoms with Crippen molar-refractivity contribution in [2.24, 2.45) is 0 Å². The minimum Gasteiger partial charge on any atom is -0.391 e. The number of para-hydroxylation sites is 1. The van der Waals surface area contributed by atoms with E-state index in [0.717, 1.165) is 29.1 Å². The number of hydrogen-bond donors (Lipinski definition) is 2. The minimum atomic E-state index is -0.777. The Kier molecular flexibility index (Phi) is 3.77. The zero-order chi connectivity index (χ0) is 17.6. The summed E-state index contributed by atoms with van der Waals surface area (Å²) in [5.74, 6) is -1.51. The molecule has 4 rings (SSSR count). The summed E-state index contributed by atoms with van der Waals surface area (Å²) in [4.78, 5) is 17.3. The fourth-order valence-electron chi connectivity index (χ4n) is 3.45. The molecule has 6 heteroatoms. The van der Waals surface area contributed by atoms with Gasteiger partial charge >= 0.3 is 0 Å². The normalized spacial score (nSPS) is 20.4. The van der Waals surface area contributed by atoms with Crippen LogP contribution in [0.4, 0.5) is 8.78 Å². The molecule has 2 heterocycles. The van der Waals surface area contributed by atoms with E-state index >= 15 is 0 Å². The number of amides is 1. The van der Waals surface area contributed by atoms with Crippen LogP contribution < -0.4 is 0 Å². The van der Waals surface area contributed by atoms with Crippen molar-refractivity contribution in [2.45, 2.75) is 18.6 Å². The number of hydrogen-bond acceptors (Lipinski definition) is 2. The highest BCUT2D eigenvalue weighted by Gasteiger charge is 2.37. The fraction of sp³-hybridized carbons (Fsp3) is 0.211. The molecule has 0 radical (unpaired) electrons. The van der Waals surface area contributed by atoms with Crippen molar-refractivity contribution in [3.05, 3.63) is 71.4 Å². The maximum absolute atomic E-state index is 14.2. The van der Waals surface area contributed by atoms with Crippen molar-refractivity contribution < 1.29 is 18.7 Å². The Hall–Kier alpha value is -2.73. The van der Waals surface area contributed by atoms with Crippen LogP contribution in [0.1, 0.15) is 28.5 Å². The third kappa shape index (κ3) is 2.78. The van der Waals surface area contributed by atoms with Crippen LogP contribution >= 0.6 is 0 Å². The Morgan fingerprint density at radius 1 is 1.16 bits per heavy atom. The first kappa shape index (κ1) is 15.8. The van der Waals surface area contributed by atoms with Crippen LogP contribution in [0.5, 0.6) is 0 Å². The molecule has 2 unspecified atom stereocenters. The van der Waals surface area contributed by atoms with Crippen LogP contribution in [-0.4, -0.2) is 33.5 Å². The molecule has 1 aliphatic rings. The maximum atomic E-state index is 14.2. The number of nitrogens with zero attached hydrogens (tertiary/aromatic N) is 1. The van der Waals surface area contributed by atoms with Crippen molar-refractivity contribution in [1.82, 2.24) is 9.88 Å². The number of nitrogens with one attached hydrogen (secondary N) is 1. The number of halogens is 2. The van der Waals surface area contributed by atoms with Gasteiger partial charge in [-0.25, -0.2) is 8.78 Å². The van der Waals surface area contributed by atoms with Crippen LogP contribution in [0.2, 0.25) is 0 Å². The second kappa shape index (κ2) is 5.97. The summed E-state index contributed by atoms with van der Waals surface area (Å²) < 4.78 is 27.7. The number of rotatable bonds is 2. The van der Waals surface area contributed by atoms with E-state index in [2.05, 4.69) is 4.98 Å². The minimum absolute atomic E-state index is 0.0782. The molecule has 0 saturated carbocycles. The van der Waals surface area contributed by atoms with Crippen LogP contribution in [0.25, 0.3) is 10.9 Å². The molecule has 4 nitrogen and oxygen atoms in total. The number of β-amino-alcohol motifs (C(OH)–C–C–N with tert-alkyl or cyclic N) is 1. The fourth-order valence-corrected chi connectivity index (χ4v) is 3.45. The van der Waals surface area contributed by atoms with Crippen LogP contribution in [0.15, 0.2) is 48.5 Å². The number of carbonyl (C=O) groups excluding carboxylic acids is 1. The number of aliphatic hydroxyl groups excluding tert-OH is 1. The Balaban J connectivity index is 1.71. The summed E-state index contributed by atoms with van der Waals surface area (Å²) in [6.07, 6.45) is -0.604. The highest BCUT2D eigenvalue weighted by atomic mass is 19.1. The topological polar surface area (TPSA) is 56.3 Å². The third-order valence-corrected chi connectivity index (χ3v) is 4.62. The van der Waals surface area contributed by atoms with E-state index in [1.54, 1.807) is 6.07 Å². The standard InChI is InChI=1S/C19H16F2N2O2/c20-12-5-6-15(21)14(8-12)18-9-13(24)10-23(18)19(25)17-7-11-3-1-2-4-16(11)22-17/h1-8,13,18,22,24H,9-10H2. The average Bonchev–Trinajstić information content (AvgIpc) is 3.19. The van der Waals surface area contributed by atoms with Gasteiger partial charge in [0.15, 0.2) is 0 Å². The molecule has 128 valence electrons. The molecule has 2 atom stereocenters. The van der Waals surface area contributed by atoms with Crippen LogP contribution in [0.3, 0.4) is 0 Å². The van der Waals surface area contributed by atoms with Gasteiger partial charge in [0, 0.05) is 23.0 Å². The molecule has 0 aliphatic carbocycles. The van der Waals surface area contributed by atoms with Gasteiger partial charge in [0.2, 0.25) is 0 Å². The number of fused-ring (bicyclic) bond motifs is 1. The van der Waals surface area contributed by atoms with Gasteiger partial charge in [-0.05, 0) is 36.8 Å². The average molecular weight is 342 g/mol. The number of benzene rings is 2. The molecule has 1 saturated heterocycles. The summed E-state index contributed by atoms with van der Waals surface area (Å²) in [6, 6.07) is 11.6. The molecule has 1 aliphatic heterocycles.